The molecular formula is C15H26N4O2. The Balaban J connectivity index is 1.87. The minimum Gasteiger partial charge on any atom is -0.476 e. The maximum absolute atomic E-state index is 5.79. The predicted octanol–water partition coefficient (Wildman–Crippen LogP) is 1.92. The highest BCUT2D eigenvalue weighted by molar-refractivity contribution is 5.38. The lowest BCUT2D eigenvalue weighted by Crippen LogP contribution is -2.33. The fourth-order valence-electron chi connectivity index (χ4n) is 2.47. The molecule has 1 aliphatic rings. The highest BCUT2D eigenvalue weighted by atomic mass is 16.5. The molecule has 0 saturated carbocycles. The van der Waals surface area contributed by atoms with Crippen LogP contribution in [0.2, 0.25) is 0 Å². The van der Waals surface area contributed by atoms with Crippen molar-refractivity contribution in [2.24, 2.45) is 0 Å². The normalized spacial score (nSPS) is 15.9. The predicted molar refractivity (Wildman–Crippen MR) is 82.7 cm³/mol. The van der Waals surface area contributed by atoms with E-state index in [0.29, 0.717) is 24.9 Å². The first-order chi connectivity index (χ1) is 10.3. The van der Waals surface area contributed by atoms with Crippen molar-refractivity contribution in [2.45, 2.75) is 32.8 Å². The molecule has 2 heterocycles. The summed E-state index contributed by atoms with van der Waals surface area (Å²) < 4.78 is 10.9. The Morgan fingerprint density at radius 2 is 2.05 bits per heavy atom. The zero-order valence-electron chi connectivity index (χ0n) is 13.1. The van der Waals surface area contributed by atoms with Crippen LogP contribution in [0.25, 0.3) is 0 Å². The van der Waals surface area contributed by atoms with Crippen LogP contribution in [0.1, 0.15) is 32.0 Å². The van der Waals surface area contributed by atoms with Crippen molar-refractivity contribution in [1.82, 2.24) is 14.9 Å². The summed E-state index contributed by atoms with van der Waals surface area (Å²) >= 11 is 0. The van der Waals surface area contributed by atoms with E-state index in [0.717, 1.165) is 18.9 Å². The molecule has 0 radical (unpaired) electrons. The molecule has 1 saturated heterocycles. The second kappa shape index (κ2) is 8.79. The number of hydrogen-bond acceptors (Lipinski definition) is 6. The summed E-state index contributed by atoms with van der Waals surface area (Å²) in [5, 5.41) is 3.19. The van der Waals surface area contributed by atoms with Gasteiger partial charge in [0.2, 0.25) is 5.88 Å². The molecule has 0 aromatic carbocycles. The Kier molecular flexibility index (Phi) is 6.69. The van der Waals surface area contributed by atoms with Crippen LogP contribution in [0, 0.1) is 0 Å². The first-order valence-electron chi connectivity index (χ1n) is 7.77. The lowest BCUT2D eigenvalue weighted by atomic mass is 10.1. The fourth-order valence-corrected chi connectivity index (χ4v) is 2.47. The highest BCUT2D eigenvalue weighted by Gasteiger charge is 2.10. The minimum absolute atomic E-state index is 0.391. The number of piperidine rings is 1. The van der Waals surface area contributed by atoms with Crippen LogP contribution in [0.3, 0.4) is 0 Å². The third-order valence-corrected chi connectivity index (χ3v) is 3.49. The molecule has 1 aliphatic heterocycles. The number of nitrogens with zero attached hydrogens (tertiary/aromatic N) is 3. The molecule has 1 aromatic heterocycles. The monoisotopic (exact) mass is 294 g/mol. The van der Waals surface area contributed by atoms with E-state index in [4.69, 9.17) is 9.47 Å². The van der Waals surface area contributed by atoms with Crippen molar-refractivity contribution in [3.63, 3.8) is 0 Å². The molecule has 0 unspecified atom stereocenters. The molecule has 6 nitrogen and oxygen atoms in total. The average molecular weight is 294 g/mol. The van der Waals surface area contributed by atoms with E-state index < -0.39 is 0 Å². The lowest BCUT2D eigenvalue weighted by Gasteiger charge is -2.26. The second-order valence-electron chi connectivity index (χ2n) is 5.22. The van der Waals surface area contributed by atoms with Gasteiger partial charge in [0.15, 0.2) is 5.82 Å². The van der Waals surface area contributed by atoms with Crippen LogP contribution in [-0.2, 0) is 11.3 Å². The molecule has 0 aliphatic carbocycles. The SMILES string of the molecule is CCNc1cc(OCCN2CCCCC2)nc(COC)n1. The van der Waals surface area contributed by atoms with Crippen molar-refractivity contribution in [2.75, 3.05) is 45.2 Å². The zero-order valence-corrected chi connectivity index (χ0v) is 13.1. The molecule has 21 heavy (non-hydrogen) atoms. The van der Waals surface area contributed by atoms with Crippen molar-refractivity contribution >= 4 is 5.82 Å². The molecule has 0 atom stereocenters. The molecule has 0 amide bonds. The summed E-state index contributed by atoms with van der Waals surface area (Å²) in [4.78, 5) is 11.2. The van der Waals surface area contributed by atoms with E-state index >= 15 is 0 Å². The van der Waals surface area contributed by atoms with Gasteiger partial charge in [0.1, 0.15) is 19.0 Å². The van der Waals surface area contributed by atoms with E-state index in [1.54, 1.807) is 7.11 Å². The second-order valence-corrected chi connectivity index (χ2v) is 5.22. The van der Waals surface area contributed by atoms with E-state index in [1.165, 1.54) is 32.4 Å². The van der Waals surface area contributed by atoms with Gasteiger partial charge in [0.25, 0.3) is 0 Å². The van der Waals surface area contributed by atoms with Gasteiger partial charge in [-0.25, -0.2) is 4.98 Å². The van der Waals surface area contributed by atoms with Gasteiger partial charge in [-0.05, 0) is 32.9 Å². The van der Waals surface area contributed by atoms with Crippen LogP contribution >= 0.6 is 0 Å². The lowest BCUT2D eigenvalue weighted by molar-refractivity contribution is 0.170. The Bertz CT molecular complexity index is 398. The van der Waals surface area contributed by atoms with Crippen LogP contribution in [0.4, 0.5) is 5.82 Å². The smallest absolute Gasteiger partial charge is 0.218 e. The van der Waals surface area contributed by atoms with E-state index in [-0.39, 0.29) is 0 Å². The number of aromatic nitrogens is 2. The maximum Gasteiger partial charge on any atom is 0.218 e. The molecule has 2 rings (SSSR count). The van der Waals surface area contributed by atoms with E-state index in [9.17, 15) is 0 Å². The average Bonchev–Trinajstić information content (AvgIpc) is 2.49. The molecule has 1 N–H and O–H groups in total. The van der Waals surface area contributed by atoms with Gasteiger partial charge in [-0.1, -0.05) is 6.42 Å². The molecule has 6 heteroatoms. The molecule has 118 valence electrons. The van der Waals surface area contributed by atoms with Crippen molar-refractivity contribution in [3.05, 3.63) is 11.9 Å². The van der Waals surface area contributed by atoms with Crippen LogP contribution < -0.4 is 10.1 Å². The quantitative estimate of drug-likeness (QED) is 0.790. The van der Waals surface area contributed by atoms with Gasteiger partial charge >= 0.3 is 0 Å². The maximum atomic E-state index is 5.79. The van der Waals surface area contributed by atoms with Gasteiger partial charge in [0.05, 0.1) is 0 Å². The van der Waals surface area contributed by atoms with E-state index in [1.807, 2.05) is 13.0 Å². The Hall–Kier alpha value is -1.40. The Morgan fingerprint density at radius 1 is 1.24 bits per heavy atom. The van der Waals surface area contributed by atoms with Gasteiger partial charge in [-0.15, -0.1) is 0 Å². The number of ether oxygens (including phenoxy) is 2. The third-order valence-electron chi connectivity index (χ3n) is 3.49. The first-order valence-corrected chi connectivity index (χ1v) is 7.77. The van der Waals surface area contributed by atoms with E-state index in [2.05, 4.69) is 20.2 Å². The molecule has 1 aromatic rings. The van der Waals surface area contributed by atoms with Gasteiger partial charge in [0, 0.05) is 26.3 Å². The van der Waals surface area contributed by atoms with Crippen molar-refractivity contribution in [1.29, 1.82) is 0 Å². The van der Waals surface area contributed by atoms with Crippen LogP contribution in [0.5, 0.6) is 5.88 Å². The number of anilines is 1. The summed E-state index contributed by atoms with van der Waals surface area (Å²) in [7, 11) is 1.64. The number of rotatable bonds is 8. The van der Waals surface area contributed by atoms with Gasteiger partial charge in [-0.3, -0.25) is 4.90 Å². The molecule has 0 bridgehead atoms. The molecule has 1 fully saturated rings. The van der Waals surface area contributed by atoms with Crippen LogP contribution in [0.15, 0.2) is 6.07 Å². The summed E-state index contributed by atoms with van der Waals surface area (Å²) in [6.45, 7) is 7.23. The Labute approximate surface area is 126 Å². The number of hydrogen-bond donors (Lipinski definition) is 1. The zero-order chi connectivity index (χ0) is 14.9. The minimum atomic E-state index is 0.391. The highest BCUT2D eigenvalue weighted by Crippen LogP contribution is 2.14. The summed E-state index contributed by atoms with van der Waals surface area (Å²) in [5.74, 6) is 2.04. The summed E-state index contributed by atoms with van der Waals surface area (Å²) in [5.41, 5.74) is 0. The van der Waals surface area contributed by atoms with Gasteiger partial charge < -0.3 is 14.8 Å². The largest absolute Gasteiger partial charge is 0.476 e. The van der Waals surface area contributed by atoms with Crippen molar-refractivity contribution < 1.29 is 9.47 Å². The topological polar surface area (TPSA) is 59.5 Å². The molecular weight excluding hydrogens is 268 g/mol. The Morgan fingerprint density at radius 3 is 2.76 bits per heavy atom. The van der Waals surface area contributed by atoms with Crippen LogP contribution in [-0.4, -0.2) is 54.8 Å². The number of methoxy groups -OCH3 is 1. The fraction of sp³-hybridized carbons (Fsp3) is 0.733. The standard InChI is InChI=1S/C15H26N4O2/c1-3-16-13-11-15(18-14(17-13)12-20-2)21-10-9-19-7-5-4-6-8-19/h11H,3-10,12H2,1-2H3,(H,16,17,18). The molecule has 0 spiro atoms. The third kappa shape index (κ3) is 5.47. The van der Waals surface area contributed by atoms with Crippen molar-refractivity contribution in [3.8, 4) is 5.88 Å². The first kappa shape index (κ1) is 16.0. The number of likely N-dealkylation sites (tertiary alicyclic amines) is 1. The van der Waals surface area contributed by atoms with Gasteiger partial charge in [-0.2, -0.15) is 4.98 Å². The summed E-state index contributed by atoms with van der Waals surface area (Å²) in [6.07, 6.45) is 3.96. The summed E-state index contributed by atoms with van der Waals surface area (Å²) in [6, 6.07) is 1.85. The number of nitrogens with one attached hydrogen (secondary N) is 1.